The third kappa shape index (κ3) is 3.53. The average molecular weight is 315 g/mol. The van der Waals surface area contributed by atoms with E-state index < -0.39 is 0 Å². The number of aromatic nitrogens is 1. The fourth-order valence-corrected chi connectivity index (χ4v) is 2.53. The molecule has 0 fully saturated rings. The van der Waals surface area contributed by atoms with E-state index in [4.69, 9.17) is 10.00 Å². The first-order chi connectivity index (χ1) is 11.8. The van der Waals surface area contributed by atoms with E-state index in [1.165, 1.54) is 0 Å². The van der Waals surface area contributed by atoms with E-state index in [1.807, 2.05) is 54.6 Å². The summed E-state index contributed by atoms with van der Waals surface area (Å²) in [5, 5.41) is 12.5. The first-order valence-electron chi connectivity index (χ1n) is 7.63. The van der Waals surface area contributed by atoms with Crippen LogP contribution < -0.4 is 10.1 Å². The normalized spacial score (nSPS) is 11.3. The molecule has 4 heteroatoms. The van der Waals surface area contributed by atoms with Crippen molar-refractivity contribution in [3.8, 4) is 11.8 Å². The number of ether oxygens (including phenoxy) is 1. The van der Waals surface area contributed by atoms with Crippen molar-refractivity contribution in [1.29, 1.82) is 5.26 Å². The van der Waals surface area contributed by atoms with Gasteiger partial charge >= 0.3 is 0 Å². The third-order valence-electron chi connectivity index (χ3n) is 3.74. The van der Waals surface area contributed by atoms with Crippen molar-refractivity contribution in [2.75, 3.05) is 12.4 Å². The van der Waals surface area contributed by atoms with Gasteiger partial charge in [-0.2, -0.15) is 5.26 Å². The van der Waals surface area contributed by atoms with Gasteiger partial charge in [0.2, 0.25) is 0 Å². The molecule has 0 bridgehead atoms. The monoisotopic (exact) mass is 315 g/mol. The molecule has 0 radical (unpaired) electrons. The molecule has 1 atom stereocenters. The highest BCUT2D eigenvalue weighted by atomic mass is 16.5. The van der Waals surface area contributed by atoms with E-state index in [0.29, 0.717) is 11.5 Å². The Hall–Kier alpha value is -3.32. The van der Waals surface area contributed by atoms with Crippen LogP contribution in [0.25, 0.3) is 0 Å². The number of rotatable bonds is 5. The number of hydrogen-bond donors (Lipinski definition) is 1. The number of nitrogens with one attached hydrogen (secondary N) is 1. The first-order valence-corrected chi connectivity index (χ1v) is 7.63. The predicted molar refractivity (Wildman–Crippen MR) is 93.9 cm³/mol. The largest absolute Gasteiger partial charge is 0.497 e. The van der Waals surface area contributed by atoms with Crippen LogP contribution in [0.5, 0.6) is 5.75 Å². The SMILES string of the molecule is COc1ccc(C(Nc2cccc(C#N)n2)c2ccccc2)cc1. The highest BCUT2D eigenvalue weighted by Gasteiger charge is 2.14. The molecule has 1 heterocycles. The minimum absolute atomic E-state index is 0.0708. The van der Waals surface area contributed by atoms with Gasteiger partial charge in [0.15, 0.2) is 0 Å². The maximum Gasteiger partial charge on any atom is 0.142 e. The molecule has 0 saturated carbocycles. The Balaban J connectivity index is 1.97. The second-order valence-corrected chi connectivity index (χ2v) is 5.28. The number of anilines is 1. The molecular formula is C20H17N3O. The van der Waals surface area contributed by atoms with E-state index >= 15 is 0 Å². The van der Waals surface area contributed by atoms with Gasteiger partial charge in [0, 0.05) is 0 Å². The van der Waals surface area contributed by atoms with Gasteiger partial charge in [0.25, 0.3) is 0 Å². The molecule has 1 N–H and O–H groups in total. The third-order valence-corrected chi connectivity index (χ3v) is 3.74. The summed E-state index contributed by atoms with van der Waals surface area (Å²) in [7, 11) is 1.65. The van der Waals surface area contributed by atoms with Crippen LogP contribution in [0.3, 0.4) is 0 Å². The molecule has 0 amide bonds. The van der Waals surface area contributed by atoms with Gasteiger partial charge in [-0.15, -0.1) is 0 Å². The van der Waals surface area contributed by atoms with E-state index in [9.17, 15) is 0 Å². The number of pyridine rings is 1. The molecule has 0 aliphatic heterocycles. The summed E-state index contributed by atoms with van der Waals surface area (Å²) in [6.07, 6.45) is 0. The van der Waals surface area contributed by atoms with Gasteiger partial charge in [-0.05, 0) is 35.4 Å². The summed E-state index contributed by atoms with van der Waals surface area (Å²) < 4.78 is 5.23. The molecule has 1 unspecified atom stereocenters. The highest BCUT2D eigenvalue weighted by Crippen LogP contribution is 2.27. The van der Waals surface area contributed by atoms with Crippen LogP contribution >= 0.6 is 0 Å². The van der Waals surface area contributed by atoms with Crippen molar-refractivity contribution >= 4 is 5.82 Å². The molecule has 0 aliphatic carbocycles. The minimum Gasteiger partial charge on any atom is -0.497 e. The van der Waals surface area contributed by atoms with Crippen LogP contribution in [0, 0.1) is 11.3 Å². The Morgan fingerprint density at radius 3 is 2.29 bits per heavy atom. The lowest BCUT2D eigenvalue weighted by Crippen LogP contribution is -2.13. The van der Waals surface area contributed by atoms with Crippen LogP contribution in [0.2, 0.25) is 0 Å². The Morgan fingerprint density at radius 2 is 1.62 bits per heavy atom. The Morgan fingerprint density at radius 1 is 0.917 bits per heavy atom. The van der Waals surface area contributed by atoms with Crippen LogP contribution in [0.15, 0.2) is 72.8 Å². The topological polar surface area (TPSA) is 57.9 Å². The first kappa shape index (κ1) is 15.6. The van der Waals surface area contributed by atoms with E-state index in [0.717, 1.165) is 16.9 Å². The Bertz CT molecular complexity index is 839. The van der Waals surface area contributed by atoms with Gasteiger partial charge in [0.1, 0.15) is 23.3 Å². The van der Waals surface area contributed by atoms with Crippen molar-refractivity contribution in [1.82, 2.24) is 4.98 Å². The zero-order chi connectivity index (χ0) is 16.8. The molecule has 1 aromatic heterocycles. The molecule has 0 spiro atoms. The fraction of sp³-hybridized carbons (Fsp3) is 0.100. The van der Waals surface area contributed by atoms with Gasteiger partial charge < -0.3 is 10.1 Å². The standard InChI is InChI=1S/C20H17N3O/c1-24-18-12-10-16(11-13-18)20(15-6-3-2-4-7-15)23-19-9-5-8-17(14-21)22-19/h2-13,20H,1H3,(H,22,23). The van der Waals surface area contributed by atoms with Crippen LogP contribution in [-0.4, -0.2) is 12.1 Å². The van der Waals surface area contributed by atoms with Crippen LogP contribution in [0.4, 0.5) is 5.82 Å². The number of benzene rings is 2. The lowest BCUT2D eigenvalue weighted by molar-refractivity contribution is 0.414. The maximum atomic E-state index is 9.03. The summed E-state index contributed by atoms with van der Waals surface area (Å²) in [5.41, 5.74) is 2.60. The molecule has 0 saturated heterocycles. The number of nitriles is 1. The quantitative estimate of drug-likeness (QED) is 0.768. The molecule has 118 valence electrons. The van der Waals surface area contributed by atoms with Crippen molar-refractivity contribution in [3.05, 3.63) is 89.6 Å². The van der Waals surface area contributed by atoms with Gasteiger partial charge in [-0.3, -0.25) is 0 Å². The summed E-state index contributed by atoms with van der Waals surface area (Å²) in [6, 6.07) is 25.4. The van der Waals surface area contributed by atoms with E-state index in [1.54, 1.807) is 13.2 Å². The number of nitrogens with zero attached hydrogens (tertiary/aromatic N) is 2. The minimum atomic E-state index is -0.0708. The van der Waals surface area contributed by atoms with Crippen LogP contribution in [0.1, 0.15) is 22.9 Å². The highest BCUT2D eigenvalue weighted by molar-refractivity contribution is 5.46. The zero-order valence-electron chi connectivity index (χ0n) is 13.3. The number of hydrogen-bond acceptors (Lipinski definition) is 4. The van der Waals surface area contributed by atoms with Gasteiger partial charge in [-0.25, -0.2) is 4.98 Å². The molecule has 3 rings (SSSR count). The van der Waals surface area contributed by atoms with Crippen molar-refractivity contribution < 1.29 is 4.74 Å². The van der Waals surface area contributed by atoms with Gasteiger partial charge in [0.05, 0.1) is 13.2 Å². The van der Waals surface area contributed by atoms with Crippen molar-refractivity contribution in [2.45, 2.75) is 6.04 Å². The zero-order valence-corrected chi connectivity index (χ0v) is 13.3. The van der Waals surface area contributed by atoms with Crippen LogP contribution in [-0.2, 0) is 0 Å². The van der Waals surface area contributed by atoms with Gasteiger partial charge in [-0.1, -0.05) is 48.5 Å². The molecule has 4 nitrogen and oxygen atoms in total. The molecule has 24 heavy (non-hydrogen) atoms. The van der Waals surface area contributed by atoms with E-state index in [2.05, 4.69) is 28.5 Å². The molecule has 0 aliphatic rings. The summed E-state index contributed by atoms with van der Waals surface area (Å²) in [6.45, 7) is 0. The average Bonchev–Trinajstić information content (AvgIpc) is 2.67. The summed E-state index contributed by atoms with van der Waals surface area (Å²) >= 11 is 0. The Labute approximate surface area is 141 Å². The van der Waals surface area contributed by atoms with Crippen molar-refractivity contribution in [3.63, 3.8) is 0 Å². The molecular weight excluding hydrogens is 298 g/mol. The van der Waals surface area contributed by atoms with E-state index in [-0.39, 0.29) is 6.04 Å². The summed E-state index contributed by atoms with van der Waals surface area (Å²) in [4.78, 5) is 4.32. The van der Waals surface area contributed by atoms with Crippen molar-refractivity contribution in [2.24, 2.45) is 0 Å². The smallest absolute Gasteiger partial charge is 0.142 e. The number of methoxy groups -OCH3 is 1. The molecule has 3 aromatic rings. The second-order valence-electron chi connectivity index (χ2n) is 5.28. The lowest BCUT2D eigenvalue weighted by Gasteiger charge is -2.21. The predicted octanol–water partition coefficient (Wildman–Crippen LogP) is 4.16. The fourth-order valence-electron chi connectivity index (χ4n) is 2.53. The lowest BCUT2D eigenvalue weighted by atomic mass is 9.98. The molecule has 2 aromatic carbocycles. The Kier molecular flexibility index (Phi) is 4.73. The summed E-state index contributed by atoms with van der Waals surface area (Å²) in [5.74, 6) is 1.48. The second kappa shape index (κ2) is 7.30. The maximum absolute atomic E-state index is 9.03.